The molecule has 0 aliphatic rings. The Morgan fingerprint density at radius 3 is 2.30 bits per heavy atom. The zero-order valence-corrected chi connectivity index (χ0v) is 15.0. The van der Waals surface area contributed by atoms with Gasteiger partial charge in [-0.15, -0.1) is 0 Å². The van der Waals surface area contributed by atoms with Crippen LogP contribution in [0, 0.1) is 0 Å². The predicted molar refractivity (Wildman–Crippen MR) is 102 cm³/mol. The van der Waals surface area contributed by atoms with Crippen LogP contribution in [0.15, 0.2) is 59.4 Å². The Bertz CT molecular complexity index is 1020. The van der Waals surface area contributed by atoms with E-state index in [4.69, 9.17) is 5.11 Å². The number of carboxylic acid groups (broad SMARTS) is 1. The third kappa shape index (κ3) is 4.08. The smallest absolute Gasteiger partial charge is 0.329 e. The van der Waals surface area contributed by atoms with Crippen LogP contribution in [-0.2, 0) is 29.6 Å². The van der Waals surface area contributed by atoms with E-state index in [1.807, 2.05) is 42.5 Å². The normalized spacial score (nSPS) is 10.9. The van der Waals surface area contributed by atoms with Crippen LogP contribution in [0.3, 0.4) is 0 Å². The molecule has 1 N–H and O–H groups in total. The number of aryl methyl sites for hydroxylation is 1. The molecule has 0 saturated carbocycles. The van der Waals surface area contributed by atoms with Crippen LogP contribution in [0.4, 0.5) is 0 Å². The van der Waals surface area contributed by atoms with Crippen molar-refractivity contribution in [1.82, 2.24) is 14.0 Å². The second-order valence-electron chi connectivity index (χ2n) is 6.36. The van der Waals surface area contributed by atoms with Gasteiger partial charge in [0, 0.05) is 13.6 Å². The fraction of sp³-hybridized carbons (Fsp3) is 0.250. The maximum Gasteiger partial charge on any atom is 0.329 e. The van der Waals surface area contributed by atoms with Crippen molar-refractivity contribution in [2.75, 3.05) is 13.1 Å². The van der Waals surface area contributed by atoms with Crippen LogP contribution in [0.25, 0.3) is 11.0 Å². The Hall–Kier alpha value is -3.35. The van der Waals surface area contributed by atoms with Gasteiger partial charge in [0.1, 0.15) is 13.1 Å². The number of hydrogen-bond donors (Lipinski definition) is 1. The molecule has 2 aromatic carbocycles. The first-order chi connectivity index (χ1) is 13.0. The highest BCUT2D eigenvalue weighted by atomic mass is 16.4. The Balaban J connectivity index is 1.81. The Morgan fingerprint density at radius 2 is 1.63 bits per heavy atom. The third-order valence-corrected chi connectivity index (χ3v) is 4.54. The van der Waals surface area contributed by atoms with E-state index in [1.165, 1.54) is 14.0 Å². The van der Waals surface area contributed by atoms with Crippen molar-refractivity contribution in [3.63, 3.8) is 0 Å². The lowest BCUT2D eigenvalue weighted by molar-refractivity contribution is -0.144. The molecule has 1 heterocycles. The molecule has 1 amide bonds. The maximum atomic E-state index is 12.8. The first-order valence-electron chi connectivity index (χ1n) is 8.65. The van der Waals surface area contributed by atoms with E-state index in [0.29, 0.717) is 11.9 Å². The summed E-state index contributed by atoms with van der Waals surface area (Å²) in [4.78, 5) is 37.7. The lowest BCUT2D eigenvalue weighted by atomic mass is 10.1. The minimum Gasteiger partial charge on any atom is -0.480 e. The fourth-order valence-corrected chi connectivity index (χ4v) is 3.12. The summed E-state index contributed by atoms with van der Waals surface area (Å²) >= 11 is 0. The van der Waals surface area contributed by atoms with Crippen molar-refractivity contribution in [2.24, 2.45) is 7.05 Å². The quantitative estimate of drug-likeness (QED) is 0.686. The van der Waals surface area contributed by atoms with Gasteiger partial charge in [-0.25, -0.2) is 4.79 Å². The highest BCUT2D eigenvalue weighted by Crippen LogP contribution is 2.12. The maximum absolute atomic E-state index is 12.8. The summed E-state index contributed by atoms with van der Waals surface area (Å²) in [7, 11) is 1.65. The van der Waals surface area contributed by atoms with Gasteiger partial charge >= 0.3 is 11.7 Å². The molecule has 0 spiro atoms. The molecule has 27 heavy (non-hydrogen) atoms. The van der Waals surface area contributed by atoms with Crippen molar-refractivity contribution >= 4 is 22.9 Å². The number of carbonyl (C=O) groups is 2. The molecular weight excluding hydrogens is 346 g/mol. The highest BCUT2D eigenvalue weighted by molar-refractivity contribution is 5.83. The average molecular weight is 367 g/mol. The molecular formula is C20H21N3O4. The monoisotopic (exact) mass is 367 g/mol. The van der Waals surface area contributed by atoms with E-state index in [1.54, 1.807) is 19.2 Å². The Morgan fingerprint density at radius 1 is 1.00 bits per heavy atom. The number of para-hydroxylation sites is 2. The van der Waals surface area contributed by atoms with Crippen LogP contribution in [0.1, 0.15) is 5.56 Å². The number of amides is 1. The van der Waals surface area contributed by atoms with Gasteiger partial charge in [-0.2, -0.15) is 0 Å². The largest absolute Gasteiger partial charge is 0.480 e. The number of aliphatic carboxylic acids is 1. The van der Waals surface area contributed by atoms with E-state index in [-0.39, 0.29) is 18.8 Å². The summed E-state index contributed by atoms with van der Waals surface area (Å²) in [5.74, 6) is -1.48. The molecule has 0 aliphatic heterocycles. The minimum absolute atomic E-state index is 0.192. The van der Waals surface area contributed by atoms with Gasteiger partial charge in [0.15, 0.2) is 0 Å². The number of aromatic nitrogens is 2. The first-order valence-corrected chi connectivity index (χ1v) is 8.65. The second kappa shape index (κ2) is 7.90. The van der Waals surface area contributed by atoms with Crippen LogP contribution in [-0.4, -0.2) is 44.1 Å². The van der Waals surface area contributed by atoms with Crippen molar-refractivity contribution in [1.29, 1.82) is 0 Å². The summed E-state index contributed by atoms with van der Waals surface area (Å²) in [5, 5.41) is 9.16. The molecule has 3 rings (SSSR count). The van der Waals surface area contributed by atoms with Crippen LogP contribution in [0.2, 0.25) is 0 Å². The molecule has 0 radical (unpaired) electrons. The topological polar surface area (TPSA) is 84.5 Å². The van der Waals surface area contributed by atoms with E-state index < -0.39 is 18.4 Å². The summed E-state index contributed by atoms with van der Waals surface area (Å²) in [5.41, 5.74) is 2.09. The number of fused-ring (bicyclic) bond motifs is 1. The number of carbonyl (C=O) groups excluding carboxylic acids is 1. The van der Waals surface area contributed by atoms with Gasteiger partial charge in [0.05, 0.1) is 11.0 Å². The number of nitrogens with zero attached hydrogens (tertiary/aromatic N) is 3. The third-order valence-electron chi connectivity index (χ3n) is 4.54. The SMILES string of the molecule is Cn1c(=O)n(CC(=O)N(CCc2ccccc2)CC(=O)O)c2ccccc21. The van der Waals surface area contributed by atoms with Gasteiger partial charge in [0.25, 0.3) is 0 Å². The molecule has 3 aromatic rings. The lowest BCUT2D eigenvalue weighted by Crippen LogP contribution is -2.40. The summed E-state index contributed by atoms with van der Waals surface area (Å²) < 4.78 is 2.86. The number of rotatable bonds is 7. The molecule has 0 bridgehead atoms. The molecule has 1 aromatic heterocycles. The van der Waals surface area contributed by atoms with Crippen LogP contribution in [0.5, 0.6) is 0 Å². The van der Waals surface area contributed by atoms with Gasteiger partial charge in [-0.1, -0.05) is 42.5 Å². The van der Waals surface area contributed by atoms with Gasteiger partial charge in [0.2, 0.25) is 5.91 Å². The van der Waals surface area contributed by atoms with E-state index in [0.717, 1.165) is 11.1 Å². The first kappa shape index (κ1) is 18.4. The number of carboxylic acids is 1. The van der Waals surface area contributed by atoms with E-state index >= 15 is 0 Å². The molecule has 7 heteroatoms. The number of imidazole rings is 1. The summed E-state index contributed by atoms with van der Waals surface area (Å²) in [6, 6.07) is 16.8. The predicted octanol–water partition coefficient (Wildman–Crippen LogP) is 1.50. The molecule has 0 atom stereocenters. The van der Waals surface area contributed by atoms with E-state index in [9.17, 15) is 14.4 Å². The minimum atomic E-state index is -1.08. The molecule has 7 nitrogen and oxygen atoms in total. The lowest BCUT2D eigenvalue weighted by Gasteiger charge is -2.21. The average Bonchev–Trinajstić information content (AvgIpc) is 2.91. The molecule has 0 unspecified atom stereocenters. The van der Waals surface area contributed by atoms with Crippen molar-refractivity contribution < 1.29 is 14.7 Å². The van der Waals surface area contributed by atoms with Crippen molar-refractivity contribution in [3.05, 3.63) is 70.6 Å². The number of hydrogen-bond acceptors (Lipinski definition) is 3. The van der Waals surface area contributed by atoms with Gasteiger partial charge < -0.3 is 10.0 Å². The van der Waals surface area contributed by atoms with Crippen molar-refractivity contribution in [3.8, 4) is 0 Å². The molecule has 0 fully saturated rings. The van der Waals surface area contributed by atoms with Crippen LogP contribution >= 0.6 is 0 Å². The molecule has 0 aliphatic carbocycles. The number of benzene rings is 2. The Kier molecular flexibility index (Phi) is 5.40. The van der Waals surface area contributed by atoms with Gasteiger partial charge in [-0.05, 0) is 24.1 Å². The standard InChI is InChI=1S/C20H21N3O4/c1-21-16-9-5-6-10-17(16)23(20(21)27)13-18(24)22(14-19(25)26)12-11-15-7-3-2-4-8-15/h2-10H,11-14H2,1H3,(H,25,26). The molecule has 140 valence electrons. The molecule has 0 saturated heterocycles. The Labute approximate surface area is 156 Å². The highest BCUT2D eigenvalue weighted by Gasteiger charge is 2.20. The second-order valence-corrected chi connectivity index (χ2v) is 6.36. The fourth-order valence-electron chi connectivity index (χ4n) is 3.12. The van der Waals surface area contributed by atoms with Crippen LogP contribution < -0.4 is 5.69 Å². The van der Waals surface area contributed by atoms with Crippen molar-refractivity contribution in [2.45, 2.75) is 13.0 Å². The zero-order valence-electron chi connectivity index (χ0n) is 15.0. The van der Waals surface area contributed by atoms with Gasteiger partial charge in [-0.3, -0.25) is 18.7 Å². The zero-order chi connectivity index (χ0) is 19.4. The summed E-state index contributed by atoms with van der Waals surface area (Å²) in [6.45, 7) is -0.317. The summed E-state index contributed by atoms with van der Waals surface area (Å²) in [6.07, 6.45) is 0.546. The van der Waals surface area contributed by atoms with E-state index in [2.05, 4.69) is 0 Å².